The Morgan fingerprint density at radius 1 is 1.19 bits per heavy atom. The molecule has 3 rings (SSSR count). The number of rotatable bonds is 6. The van der Waals surface area contributed by atoms with Gasteiger partial charge in [0.25, 0.3) is 0 Å². The first-order valence-electron chi connectivity index (χ1n) is 8.79. The number of fused-ring (bicyclic) bond motifs is 1. The Labute approximate surface area is 168 Å². The second kappa shape index (κ2) is 9.06. The van der Waals surface area contributed by atoms with E-state index in [0.29, 0.717) is 10.0 Å². The molecule has 0 amide bonds. The van der Waals surface area contributed by atoms with Crippen LogP contribution in [0.15, 0.2) is 47.6 Å². The van der Waals surface area contributed by atoms with Crippen molar-refractivity contribution < 1.29 is 0 Å². The second-order valence-electron chi connectivity index (χ2n) is 6.19. The molecule has 6 nitrogen and oxygen atoms in total. The van der Waals surface area contributed by atoms with Crippen LogP contribution < -0.4 is 10.6 Å². The van der Waals surface area contributed by atoms with Crippen molar-refractivity contribution in [3.05, 3.63) is 64.0 Å². The highest BCUT2D eigenvalue weighted by atomic mass is 35.5. The monoisotopic (exact) mass is 404 g/mol. The summed E-state index contributed by atoms with van der Waals surface area (Å²) in [7, 11) is 1.75. The summed E-state index contributed by atoms with van der Waals surface area (Å²) in [5.74, 6) is 1.69. The summed E-state index contributed by atoms with van der Waals surface area (Å²) in [5.41, 5.74) is 1.91. The summed E-state index contributed by atoms with van der Waals surface area (Å²) < 4.78 is 2.01. The van der Waals surface area contributed by atoms with Gasteiger partial charge in [0.2, 0.25) is 0 Å². The van der Waals surface area contributed by atoms with Crippen molar-refractivity contribution >= 4 is 34.8 Å². The van der Waals surface area contributed by atoms with Gasteiger partial charge >= 0.3 is 0 Å². The highest BCUT2D eigenvalue weighted by Crippen LogP contribution is 2.25. The molecule has 1 aromatic carbocycles. The van der Waals surface area contributed by atoms with Crippen LogP contribution in [0.25, 0.3) is 5.65 Å². The molecule has 2 aromatic heterocycles. The van der Waals surface area contributed by atoms with Crippen LogP contribution in [0.3, 0.4) is 0 Å². The van der Waals surface area contributed by atoms with Crippen LogP contribution in [-0.4, -0.2) is 34.2 Å². The number of aliphatic imine (C=N–C) groups is 1. The number of guanidine groups is 1. The maximum Gasteiger partial charge on any atom is 0.191 e. The van der Waals surface area contributed by atoms with E-state index in [1.807, 2.05) is 40.9 Å². The summed E-state index contributed by atoms with van der Waals surface area (Å²) in [6.07, 6.45) is 3.73. The SMILES string of the molecule is CN=C(NCCCc1nnc2ccccn12)NC(C)c1ccc(Cl)c(Cl)c1. The quantitative estimate of drug-likeness (QED) is 0.371. The minimum atomic E-state index is 0.0476. The topological polar surface area (TPSA) is 66.6 Å². The zero-order valence-corrected chi connectivity index (χ0v) is 16.8. The fourth-order valence-electron chi connectivity index (χ4n) is 2.78. The molecule has 0 aliphatic carbocycles. The fraction of sp³-hybridized carbons (Fsp3) is 0.316. The van der Waals surface area contributed by atoms with Crippen molar-refractivity contribution in [2.24, 2.45) is 4.99 Å². The lowest BCUT2D eigenvalue weighted by molar-refractivity contribution is 0.667. The van der Waals surface area contributed by atoms with Crippen LogP contribution in [-0.2, 0) is 6.42 Å². The van der Waals surface area contributed by atoms with E-state index in [0.717, 1.165) is 42.4 Å². The molecule has 0 fully saturated rings. The largest absolute Gasteiger partial charge is 0.356 e. The Hall–Kier alpha value is -2.31. The molecule has 1 unspecified atom stereocenters. The molecule has 27 heavy (non-hydrogen) atoms. The number of hydrogen-bond donors (Lipinski definition) is 2. The van der Waals surface area contributed by atoms with E-state index in [9.17, 15) is 0 Å². The number of nitrogens with zero attached hydrogens (tertiary/aromatic N) is 4. The van der Waals surface area contributed by atoms with Gasteiger partial charge in [0.15, 0.2) is 11.6 Å². The number of nitrogens with one attached hydrogen (secondary N) is 2. The second-order valence-corrected chi connectivity index (χ2v) is 7.00. The number of halogens is 2. The molecule has 0 aliphatic rings. The van der Waals surface area contributed by atoms with E-state index in [1.165, 1.54) is 0 Å². The predicted octanol–water partition coefficient (Wildman–Crippen LogP) is 3.89. The molecule has 8 heteroatoms. The molecule has 0 spiro atoms. The Morgan fingerprint density at radius 2 is 2.04 bits per heavy atom. The molecule has 0 aliphatic heterocycles. The molecule has 0 radical (unpaired) electrons. The van der Waals surface area contributed by atoms with Gasteiger partial charge in [0, 0.05) is 26.2 Å². The molecule has 0 bridgehead atoms. The third-order valence-electron chi connectivity index (χ3n) is 4.27. The minimum absolute atomic E-state index is 0.0476. The van der Waals surface area contributed by atoms with E-state index in [-0.39, 0.29) is 6.04 Å². The molecule has 2 N–H and O–H groups in total. The smallest absolute Gasteiger partial charge is 0.191 e. The predicted molar refractivity (Wildman–Crippen MR) is 111 cm³/mol. The number of aryl methyl sites for hydroxylation is 1. The van der Waals surface area contributed by atoms with E-state index in [1.54, 1.807) is 13.1 Å². The number of benzene rings is 1. The lowest BCUT2D eigenvalue weighted by atomic mass is 10.1. The highest BCUT2D eigenvalue weighted by Gasteiger charge is 2.10. The van der Waals surface area contributed by atoms with Gasteiger partial charge in [-0.15, -0.1) is 10.2 Å². The van der Waals surface area contributed by atoms with Gasteiger partial charge in [-0.2, -0.15) is 0 Å². The van der Waals surface area contributed by atoms with Crippen molar-refractivity contribution in [2.75, 3.05) is 13.6 Å². The van der Waals surface area contributed by atoms with Crippen molar-refractivity contribution in [1.29, 1.82) is 0 Å². The Bertz CT molecular complexity index is 937. The van der Waals surface area contributed by atoms with Gasteiger partial charge < -0.3 is 10.6 Å². The minimum Gasteiger partial charge on any atom is -0.356 e. The van der Waals surface area contributed by atoms with Gasteiger partial charge in [-0.05, 0) is 43.2 Å². The van der Waals surface area contributed by atoms with Crippen molar-refractivity contribution in [2.45, 2.75) is 25.8 Å². The molecule has 2 heterocycles. The van der Waals surface area contributed by atoms with Crippen LogP contribution in [0.5, 0.6) is 0 Å². The highest BCUT2D eigenvalue weighted by molar-refractivity contribution is 6.42. The van der Waals surface area contributed by atoms with Crippen LogP contribution in [0.2, 0.25) is 10.0 Å². The fourth-order valence-corrected chi connectivity index (χ4v) is 3.09. The summed E-state index contributed by atoms with van der Waals surface area (Å²) in [6.45, 7) is 2.82. The summed E-state index contributed by atoms with van der Waals surface area (Å²) >= 11 is 12.1. The average molecular weight is 405 g/mol. The first-order valence-corrected chi connectivity index (χ1v) is 9.55. The lowest BCUT2D eigenvalue weighted by Crippen LogP contribution is -2.39. The molecular formula is C19H22Cl2N6. The standard InChI is InChI=1S/C19H22Cl2N6/c1-13(14-8-9-15(20)16(21)12-14)24-19(22-2)23-10-5-7-18-26-25-17-6-3-4-11-27(17)18/h3-4,6,8-9,11-13H,5,7,10H2,1-2H3,(H2,22,23,24). The summed E-state index contributed by atoms with van der Waals surface area (Å²) in [5, 5.41) is 16.2. The summed E-state index contributed by atoms with van der Waals surface area (Å²) in [6, 6.07) is 11.6. The van der Waals surface area contributed by atoms with Gasteiger partial charge in [-0.1, -0.05) is 35.3 Å². The zero-order valence-electron chi connectivity index (χ0n) is 15.3. The number of aromatic nitrogens is 3. The molecule has 1 atom stereocenters. The average Bonchev–Trinajstić information content (AvgIpc) is 3.09. The van der Waals surface area contributed by atoms with Gasteiger partial charge in [-0.25, -0.2) is 0 Å². The van der Waals surface area contributed by atoms with E-state index in [2.05, 4.69) is 32.7 Å². The Kier molecular flexibility index (Phi) is 6.53. The third kappa shape index (κ3) is 4.90. The maximum absolute atomic E-state index is 6.10. The van der Waals surface area contributed by atoms with Crippen LogP contribution in [0.4, 0.5) is 0 Å². The summed E-state index contributed by atoms with van der Waals surface area (Å²) in [4.78, 5) is 4.28. The van der Waals surface area contributed by atoms with E-state index < -0.39 is 0 Å². The zero-order chi connectivity index (χ0) is 19.2. The van der Waals surface area contributed by atoms with Crippen molar-refractivity contribution in [1.82, 2.24) is 25.2 Å². The van der Waals surface area contributed by atoms with Gasteiger partial charge in [-0.3, -0.25) is 9.39 Å². The van der Waals surface area contributed by atoms with Crippen LogP contribution in [0, 0.1) is 0 Å². The van der Waals surface area contributed by atoms with E-state index in [4.69, 9.17) is 23.2 Å². The van der Waals surface area contributed by atoms with E-state index >= 15 is 0 Å². The first-order chi connectivity index (χ1) is 13.1. The van der Waals surface area contributed by atoms with Crippen molar-refractivity contribution in [3.63, 3.8) is 0 Å². The third-order valence-corrected chi connectivity index (χ3v) is 5.01. The molecule has 3 aromatic rings. The van der Waals surface area contributed by atoms with Gasteiger partial charge in [0.1, 0.15) is 5.82 Å². The lowest BCUT2D eigenvalue weighted by Gasteiger charge is -2.18. The first kappa shape index (κ1) is 19.5. The molecular weight excluding hydrogens is 383 g/mol. The van der Waals surface area contributed by atoms with Crippen molar-refractivity contribution in [3.8, 4) is 0 Å². The maximum atomic E-state index is 6.10. The normalized spacial score (nSPS) is 13.0. The number of hydrogen-bond acceptors (Lipinski definition) is 3. The Morgan fingerprint density at radius 3 is 2.81 bits per heavy atom. The Balaban J connectivity index is 1.49. The van der Waals surface area contributed by atoms with Gasteiger partial charge in [0.05, 0.1) is 16.1 Å². The number of pyridine rings is 1. The molecule has 0 saturated carbocycles. The molecule has 0 saturated heterocycles. The molecule has 142 valence electrons. The van der Waals surface area contributed by atoms with Crippen LogP contribution >= 0.6 is 23.2 Å². The van der Waals surface area contributed by atoms with Crippen LogP contribution in [0.1, 0.15) is 30.8 Å².